The van der Waals surface area contributed by atoms with E-state index in [9.17, 15) is 14.3 Å². The van der Waals surface area contributed by atoms with Gasteiger partial charge in [0.15, 0.2) is 0 Å². The van der Waals surface area contributed by atoms with E-state index in [1.54, 1.807) is 18.2 Å². The Morgan fingerprint density at radius 3 is 2.81 bits per heavy atom. The van der Waals surface area contributed by atoms with E-state index in [0.717, 1.165) is 11.3 Å². The van der Waals surface area contributed by atoms with Crippen LogP contribution in [0.25, 0.3) is 11.3 Å². The van der Waals surface area contributed by atoms with Gasteiger partial charge >= 0.3 is 0 Å². The first-order valence-electron chi connectivity index (χ1n) is 7.87. The van der Waals surface area contributed by atoms with Gasteiger partial charge in [0.25, 0.3) is 5.91 Å². The highest BCUT2D eigenvalue weighted by Crippen LogP contribution is 2.28. The lowest BCUT2D eigenvalue weighted by Crippen LogP contribution is -2.33. The summed E-state index contributed by atoms with van der Waals surface area (Å²) in [6.45, 7) is -0.300. The van der Waals surface area contributed by atoms with Crippen molar-refractivity contribution in [3.63, 3.8) is 0 Å². The number of nitrogens with two attached hydrogens (primary N) is 1. The number of thiazole rings is 1. The second kappa shape index (κ2) is 8.05. The number of aromatic nitrogens is 2. The summed E-state index contributed by atoms with van der Waals surface area (Å²) in [5, 5.41) is 21.9. The number of carbonyl (C=O) groups is 1. The largest absolute Gasteiger partial charge is 0.492 e. The lowest BCUT2D eigenvalue weighted by atomic mass is 10.1. The van der Waals surface area contributed by atoms with Crippen LogP contribution in [0, 0.1) is 5.82 Å². The molecule has 0 bridgehead atoms. The zero-order valence-corrected chi connectivity index (χ0v) is 15.4. The summed E-state index contributed by atoms with van der Waals surface area (Å²) < 4.78 is 13.6. The van der Waals surface area contributed by atoms with Crippen molar-refractivity contribution >= 4 is 28.8 Å². The molecule has 6 N–H and O–H groups in total. The summed E-state index contributed by atoms with van der Waals surface area (Å²) in [6.07, 6.45) is 0. The van der Waals surface area contributed by atoms with Gasteiger partial charge in [-0.1, -0.05) is 17.7 Å². The number of aromatic hydroxyl groups is 1. The number of hydrogen-bond donors (Lipinski definition) is 5. The first-order valence-corrected chi connectivity index (χ1v) is 9.07. The number of nitrogens with one attached hydrogen (secondary N) is 2. The Labute approximate surface area is 162 Å². The topological polar surface area (TPSA) is 124 Å². The molecule has 1 unspecified atom stereocenters. The molecule has 3 aromatic rings. The molecule has 0 aliphatic heterocycles. The molecule has 2 heterocycles. The van der Waals surface area contributed by atoms with Crippen molar-refractivity contribution in [1.82, 2.24) is 15.3 Å². The first kappa shape index (κ1) is 19.3. The van der Waals surface area contributed by atoms with Gasteiger partial charge in [-0.25, -0.2) is 9.37 Å². The fraction of sp³-hybridized carbons (Fsp3) is 0.176. The van der Waals surface area contributed by atoms with Gasteiger partial charge in [0.05, 0.1) is 22.5 Å². The molecule has 1 amide bonds. The average molecular weight is 411 g/mol. The summed E-state index contributed by atoms with van der Waals surface area (Å²) in [4.78, 5) is 19.6. The average Bonchev–Trinajstić information content (AvgIpc) is 3.28. The smallest absolute Gasteiger partial charge is 0.268 e. The van der Waals surface area contributed by atoms with Crippen molar-refractivity contribution in [3.8, 4) is 17.1 Å². The highest BCUT2D eigenvalue weighted by Gasteiger charge is 2.21. The second-order valence-corrected chi connectivity index (χ2v) is 7.16. The maximum Gasteiger partial charge on any atom is 0.268 e. The van der Waals surface area contributed by atoms with Gasteiger partial charge < -0.3 is 26.2 Å². The quantitative estimate of drug-likeness (QED) is 0.427. The molecular weight excluding hydrogens is 395 g/mol. The number of benzene rings is 1. The summed E-state index contributed by atoms with van der Waals surface area (Å²) in [6, 6.07) is 6.92. The second-order valence-electron chi connectivity index (χ2n) is 5.63. The normalized spacial score (nSPS) is 12.1. The fourth-order valence-corrected chi connectivity index (χ4v) is 3.43. The minimum absolute atomic E-state index is 0.0167. The first-order chi connectivity index (χ1) is 12.9. The molecule has 1 aromatic carbocycles. The molecule has 2 aromatic heterocycles. The number of aromatic amines is 1. The van der Waals surface area contributed by atoms with Gasteiger partial charge in [0, 0.05) is 17.8 Å². The number of aliphatic hydroxyl groups is 1. The van der Waals surface area contributed by atoms with Gasteiger partial charge in [0.2, 0.25) is 5.88 Å². The van der Waals surface area contributed by atoms with Crippen LogP contribution in [-0.4, -0.2) is 32.6 Å². The molecule has 1 atom stereocenters. The number of rotatable bonds is 6. The highest BCUT2D eigenvalue weighted by molar-refractivity contribution is 7.12. The maximum absolute atomic E-state index is 13.6. The standard InChI is InChI=1S/C17H16ClFN4O3S/c18-9-2-1-8(5-10(9)19)11-3-4-12(21-11)15(25)22-13(6-20)17-23-16(26)14(7-24)27-17/h1-5,13,21,24,26H,6-7,20H2,(H,22,25). The maximum atomic E-state index is 13.6. The van der Waals surface area contributed by atoms with Crippen LogP contribution in [0.3, 0.4) is 0 Å². The third-order valence-electron chi connectivity index (χ3n) is 3.84. The van der Waals surface area contributed by atoms with Crippen molar-refractivity contribution in [2.45, 2.75) is 12.6 Å². The van der Waals surface area contributed by atoms with E-state index in [0.29, 0.717) is 21.1 Å². The van der Waals surface area contributed by atoms with Crippen molar-refractivity contribution in [3.05, 3.63) is 56.8 Å². The third kappa shape index (κ3) is 4.11. The lowest BCUT2D eigenvalue weighted by Gasteiger charge is -2.13. The number of halogens is 2. The Balaban J connectivity index is 1.77. The highest BCUT2D eigenvalue weighted by atomic mass is 35.5. The monoisotopic (exact) mass is 410 g/mol. The molecule has 0 fully saturated rings. The predicted molar refractivity (Wildman–Crippen MR) is 100 cm³/mol. The van der Waals surface area contributed by atoms with E-state index < -0.39 is 17.8 Å². The van der Waals surface area contributed by atoms with E-state index in [1.165, 1.54) is 12.1 Å². The number of amides is 1. The summed E-state index contributed by atoms with van der Waals surface area (Å²) in [5.41, 5.74) is 7.05. The molecule has 0 aliphatic rings. The van der Waals surface area contributed by atoms with E-state index >= 15 is 0 Å². The van der Waals surface area contributed by atoms with Crippen LogP contribution < -0.4 is 11.1 Å². The molecule has 0 aliphatic carbocycles. The fourth-order valence-electron chi connectivity index (χ4n) is 2.43. The van der Waals surface area contributed by atoms with Gasteiger partial charge in [-0.3, -0.25) is 4.79 Å². The number of carbonyl (C=O) groups excluding carboxylic acids is 1. The minimum Gasteiger partial charge on any atom is -0.492 e. The van der Waals surface area contributed by atoms with Crippen molar-refractivity contribution in [2.75, 3.05) is 6.54 Å². The lowest BCUT2D eigenvalue weighted by molar-refractivity contribution is 0.0933. The van der Waals surface area contributed by atoms with Gasteiger partial charge in [0.1, 0.15) is 16.5 Å². The van der Waals surface area contributed by atoms with E-state index in [2.05, 4.69) is 15.3 Å². The Bertz CT molecular complexity index is 975. The van der Waals surface area contributed by atoms with Crippen molar-refractivity contribution < 1.29 is 19.4 Å². The van der Waals surface area contributed by atoms with E-state index in [1.807, 2.05) is 0 Å². The molecule has 0 saturated carbocycles. The third-order valence-corrected chi connectivity index (χ3v) is 5.29. The van der Waals surface area contributed by atoms with Gasteiger partial charge in [-0.15, -0.1) is 11.3 Å². The summed E-state index contributed by atoms with van der Waals surface area (Å²) in [5.74, 6) is -1.27. The Hall–Kier alpha value is -2.46. The van der Waals surface area contributed by atoms with Crippen LogP contribution in [-0.2, 0) is 6.61 Å². The van der Waals surface area contributed by atoms with E-state index in [-0.39, 0.29) is 29.7 Å². The zero-order valence-electron chi connectivity index (χ0n) is 13.9. The number of H-pyrrole nitrogens is 1. The molecule has 0 radical (unpaired) electrons. The molecule has 10 heteroatoms. The zero-order chi connectivity index (χ0) is 19.6. The minimum atomic E-state index is -0.631. The van der Waals surface area contributed by atoms with Crippen LogP contribution in [0.5, 0.6) is 5.88 Å². The molecule has 3 rings (SSSR count). The Morgan fingerprint density at radius 2 is 2.19 bits per heavy atom. The van der Waals surface area contributed by atoms with Crippen molar-refractivity contribution in [1.29, 1.82) is 0 Å². The number of nitrogens with zero attached hydrogens (tertiary/aromatic N) is 1. The molecule has 0 saturated heterocycles. The van der Waals surface area contributed by atoms with Crippen molar-refractivity contribution in [2.24, 2.45) is 5.73 Å². The SMILES string of the molecule is NCC(NC(=O)c1ccc(-c2ccc(Cl)c(F)c2)[nH]1)c1nc(O)c(CO)s1. The summed E-state index contributed by atoms with van der Waals surface area (Å²) >= 11 is 6.74. The van der Waals surface area contributed by atoms with Gasteiger partial charge in [-0.05, 0) is 24.3 Å². The van der Waals surface area contributed by atoms with Gasteiger partial charge in [-0.2, -0.15) is 0 Å². The molecular formula is C17H16ClFN4O3S. The predicted octanol–water partition coefficient (Wildman–Crippen LogP) is 2.56. The molecule has 0 spiro atoms. The van der Waals surface area contributed by atoms with Crippen LogP contribution >= 0.6 is 22.9 Å². The van der Waals surface area contributed by atoms with E-state index in [4.69, 9.17) is 22.4 Å². The molecule has 27 heavy (non-hydrogen) atoms. The number of hydrogen-bond acceptors (Lipinski definition) is 6. The Kier molecular flexibility index (Phi) is 5.76. The van der Waals surface area contributed by atoms with Crippen LogP contribution in [0.1, 0.15) is 26.4 Å². The molecule has 142 valence electrons. The van der Waals surface area contributed by atoms with Crippen LogP contribution in [0.4, 0.5) is 4.39 Å². The number of aliphatic hydroxyl groups excluding tert-OH is 1. The summed E-state index contributed by atoms with van der Waals surface area (Å²) in [7, 11) is 0. The molecule has 7 nitrogen and oxygen atoms in total. The van der Waals surface area contributed by atoms with Crippen LogP contribution in [0.15, 0.2) is 30.3 Å². The Morgan fingerprint density at radius 1 is 1.41 bits per heavy atom. The van der Waals surface area contributed by atoms with Crippen LogP contribution in [0.2, 0.25) is 5.02 Å².